The number of nitrogens with one attached hydrogen (secondary N) is 1. The predicted octanol–water partition coefficient (Wildman–Crippen LogP) is 0.150. The van der Waals surface area contributed by atoms with E-state index < -0.39 is 41.4 Å². The van der Waals surface area contributed by atoms with E-state index in [1.807, 2.05) is 0 Å². The molecule has 0 aliphatic rings. The molecule has 0 fully saturated rings. The van der Waals surface area contributed by atoms with Gasteiger partial charge >= 0.3 is 10.2 Å². The molecule has 1 aromatic rings. The van der Waals surface area contributed by atoms with Gasteiger partial charge in [-0.2, -0.15) is 13.1 Å². The Kier molecular flexibility index (Phi) is 5.15. The zero-order valence-corrected chi connectivity index (χ0v) is 12.3. The van der Waals surface area contributed by atoms with Gasteiger partial charge in [0.15, 0.2) is 9.84 Å². The lowest BCUT2D eigenvalue weighted by molar-refractivity contribution is -0.385. The number of nitrogens with zero attached hydrogens (tertiary/aromatic N) is 2. The van der Waals surface area contributed by atoms with Gasteiger partial charge in [-0.25, -0.2) is 13.2 Å². The summed E-state index contributed by atoms with van der Waals surface area (Å²) in [6.45, 7) is 0. The van der Waals surface area contributed by atoms with Crippen LogP contribution in [0.4, 0.5) is 5.69 Å². The number of non-ortho nitro benzene ring substituents is 1. The SMILES string of the molecule is O=C=NS(=O)(=O)NCS(=O)(=O)c1cc([N+](=O)[O-])ccc1Cl. The first kappa shape index (κ1) is 17.2. The van der Waals surface area contributed by atoms with Crippen molar-refractivity contribution >= 4 is 43.4 Å². The molecule has 1 N–H and O–H groups in total. The second kappa shape index (κ2) is 6.28. The molecule has 0 aliphatic carbocycles. The smallest absolute Gasteiger partial charge is 0.258 e. The van der Waals surface area contributed by atoms with Crippen molar-refractivity contribution in [2.75, 3.05) is 5.88 Å². The fourth-order valence-electron chi connectivity index (χ4n) is 1.16. The number of rotatable bonds is 6. The predicted molar refractivity (Wildman–Crippen MR) is 70.3 cm³/mol. The van der Waals surface area contributed by atoms with Crippen LogP contribution in [0.2, 0.25) is 5.02 Å². The van der Waals surface area contributed by atoms with Gasteiger partial charge in [0.2, 0.25) is 0 Å². The van der Waals surface area contributed by atoms with Crippen LogP contribution in [-0.2, 0) is 24.8 Å². The van der Waals surface area contributed by atoms with Crippen LogP contribution in [0.1, 0.15) is 0 Å². The van der Waals surface area contributed by atoms with Crippen LogP contribution in [0.5, 0.6) is 0 Å². The summed E-state index contributed by atoms with van der Waals surface area (Å²) in [5, 5.41) is 10.3. The highest BCUT2D eigenvalue weighted by Crippen LogP contribution is 2.26. The lowest BCUT2D eigenvalue weighted by atomic mass is 10.3. The van der Waals surface area contributed by atoms with E-state index in [-0.39, 0.29) is 5.02 Å². The van der Waals surface area contributed by atoms with E-state index in [1.165, 1.54) is 4.72 Å². The normalized spacial score (nSPS) is 11.7. The minimum Gasteiger partial charge on any atom is -0.258 e. The van der Waals surface area contributed by atoms with E-state index in [0.29, 0.717) is 6.07 Å². The molecular weight excluding hydrogens is 350 g/mol. The van der Waals surface area contributed by atoms with Crippen LogP contribution in [0, 0.1) is 10.1 Å². The summed E-state index contributed by atoms with van der Waals surface area (Å²) in [5.41, 5.74) is -0.535. The van der Waals surface area contributed by atoms with E-state index in [0.717, 1.165) is 18.2 Å². The van der Waals surface area contributed by atoms with Crippen molar-refractivity contribution in [3.8, 4) is 0 Å². The molecule has 0 bridgehead atoms. The van der Waals surface area contributed by atoms with Gasteiger partial charge in [-0.3, -0.25) is 10.1 Å². The van der Waals surface area contributed by atoms with Crippen LogP contribution < -0.4 is 4.72 Å². The van der Waals surface area contributed by atoms with Gasteiger partial charge in [0, 0.05) is 12.1 Å². The molecule has 13 heteroatoms. The van der Waals surface area contributed by atoms with E-state index in [9.17, 15) is 31.7 Å². The van der Waals surface area contributed by atoms with Crippen LogP contribution in [0.25, 0.3) is 0 Å². The third-order valence-corrected chi connectivity index (χ3v) is 5.03. The van der Waals surface area contributed by atoms with E-state index >= 15 is 0 Å². The second-order valence-corrected chi connectivity index (χ2v) is 7.22. The van der Waals surface area contributed by atoms with Crippen molar-refractivity contribution in [3.63, 3.8) is 0 Å². The van der Waals surface area contributed by atoms with Crippen molar-refractivity contribution in [1.29, 1.82) is 0 Å². The topological polar surface area (TPSA) is 153 Å². The van der Waals surface area contributed by atoms with Crippen LogP contribution in [-0.4, -0.2) is 33.7 Å². The molecule has 0 amide bonds. The van der Waals surface area contributed by atoms with Gasteiger partial charge in [-0.1, -0.05) is 16.0 Å². The molecule has 0 aromatic heterocycles. The summed E-state index contributed by atoms with van der Waals surface area (Å²) in [7, 11) is -8.83. The zero-order chi connectivity index (χ0) is 16.3. The molecule has 114 valence electrons. The number of carbonyl (C=O) groups excluding carboxylic acids is 1. The number of isocyanates is 1. The summed E-state index contributed by atoms with van der Waals surface area (Å²) < 4.78 is 49.7. The molecule has 0 radical (unpaired) electrons. The third kappa shape index (κ3) is 4.58. The monoisotopic (exact) mass is 355 g/mol. The fourth-order valence-corrected chi connectivity index (χ4v) is 3.83. The second-order valence-electron chi connectivity index (χ2n) is 3.43. The maximum absolute atomic E-state index is 11.9. The first-order chi connectivity index (χ1) is 9.59. The van der Waals surface area contributed by atoms with Gasteiger partial charge < -0.3 is 0 Å². The minimum absolute atomic E-state index is 0.321. The van der Waals surface area contributed by atoms with Crippen molar-refractivity contribution in [2.45, 2.75) is 4.90 Å². The van der Waals surface area contributed by atoms with E-state index in [2.05, 4.69) is 4.40 Å². The Morgan fingerprint density at radius 3 is 2.48 bits per heavy atom. The van der Waals surface area contributed by atoms with Crippen molar-refractivity contribution in [3.05, 3.63) is 33.3 Å². The summed E-state index contributed by atoms with van der Waals surface area (Å²) in [6.07, 6.45) is 0.734. The molecular formula is C8H6ClN3O7S2. The molecule has 1 aromatic carbocycles. The quantitative estimate of drug-likeness (QED) is 0.329. The number of sulfone groups is 1. The highest BCUT2D eigenvalue weighted by atomic mass is 35.5. The molecule has 0 atom stereocenters. The van der Waals surface area contributed by atoms with E-state index in [1.54, 1.807) is 0 Å². The molecule has 0 spiro atoms. The average Bonchev–Trinajstić information content (AvgIpc) is 2.36. The molecule has 10 nitrogen and oxygen atoms in total. The minimum atomic E-state index is -4.52. The van der Waals surface area contributed by atoms with Crippen LogP contribution >= 0.6 is 11.6 Å². The summed E-state index contributed by atoms with van der Waals surface area (Å²) in [6, 6.07) is 2.67. The van der Waals surface area contributed by atoms with Gasteiger partial charge in [-0.05, 0) is 6.07 Å². The molecule has 0 aliphatic heterocycles. The standard InChI is InChI=1S/C8H6ClN3O7S2/c9-7-2-1-6(12(14)15)3-8(7)20(16,17)5-11-21(18,19)10-4-13/h1-3,11H,5H2. The Bertz CT molecular complexity index is 827. The summed E-state index contributed by atoms with van der Waals surface area (Å²) in [4.78, 5) is 19.0. The number of benzene rings is 1. The van der Waals surface area contributed by atoms with E-state index in [4.69, 9.17) is 11.6 Å². The molecule has 21 heavy (non-hydrogen) atoms. The Hall–Kier alpha value is -1.85. The molecule has 1 rings (SSSR count). The van der Waals surface area contributed by atoms with Gasteiger partial charge in [-0.15, -0.1) is 0 Å². The van der Waals surface area contributed by atoms with Crippen LogP contribution in [0.3, 0.4) is 0 Å². The maximum Gasteiger partial charge on any atom is 0.331 e. The average molecular weight is 356 g/mol. The first-order valence-corrected chi connectivity index (χ1v) is 8.31. The lowest BCUT2D eigenvalue weighted by Gasteiger charge is -2.06. The van der Waals surface area contributed by atoms with Crippen LogP contribution in [0.15, 0.2) is 27.5 Å². The third-order valence-electron chi connectivity index (χ3n) is 2.05. The molecule has 0 saturated heterocycles. The number of nitro groups is 1. The Morgan fingerprint density at radius 1 is 1.33 bits per heavy atom. The van der Waals surface area contributed by atoms with Crippen molar-refractivity contribution in [1.82, 2.24) is 4.72 Å². The number of hydrogen-bond donors (Lipinski definition) is 1. The number of nitro benzene ring substituents is 1. The van der Waals surface area contributed by atoms with Gasteiger partial charge in [0.1, 0.15) is 5.88 Å². The van der Waals surface area contributed by atoms with Crippen molar-refractivity contribution in [2.24, 2.45) is 4.40 Å². The highest BCUT2D eigenvalue weighted by molar-refractivity contribution is 7.93. The van der Waals surface area contributed by atoms with Crippen molar-refractivity contribution < 1.29 is 26.6 Å². The molecule has 0 unspecified atom stereocenters. The molecule has 0 heterocycles. The highest BCUT2D eigenvalue weighted by Gasteiger charge is 2.23. The summed E-state index contributed by atoms with van der Waals surface area (Å²) >= 11 is 5.63. The number of hydrogen-bond acceptors (Lipinski definition) is 7. The fraction of sp³-hybridized carbons (Fsp3) is 0.125. The van der Waals surface area contributed by atoms with Gasteiger partial charge in [0.05, 0.1) is 14.8 Å². The van der Waals surface area contributed by atoms with Gasteiger partial charge in [0.25, 0.3) is 11.8 Å². The number of halogens is 1. The summed E-state index contributed by atoms with van der Waals surface area (Å²) in [5.74, 6) is -1.18. The lowest BCUT2D eigenvalue weighted by Crippen LogP contribution is -2.28. The largest absolute Gasteiger partial charge is 0.331 e. The first-order valence-electron chi connectivity index (χ1n) is 4.84. The Morgan fingerprint density at radius 2 is 1.95 bits per heavy atom. The molecule has 0 saturated carbocycles. The Balaban J connectivity index is 3.17. The Labute approximate surface area is 123 Å². The maximum atomic E-state index is 11.9. The zero-order valence-electron chi connectivity index (χ0n) is 9.89.